The fourth-order valence-corrected chi connectivity index (χ4v) is 2.82. The van der Waals surface area contributed by atoms with E-state index in [4.69, 9.17) is 5.73 Å². The van der Waals surface area contributed by atoms with Crippen LogP contribution in [0.2, 0.25) is 0 Å². The molecule has 0 aromatic heterocycles. The van der Waals surface area contributed by atoms with Gasteiger partial charge in [-0.15, -0.1) is 11.8 Å². The summed E-state index contributed by atoms with van der Waals surface area (Å²) in [5, 5.41) is 0. The number of thioether (sulfide) groups is 1. The summed E-state index contributed by atoms with van der Waals surface area (Å²) in [4.78, 5) is 1.36. The Morgan fingerprint density at radius 2 is 1.87 bits per heavy atom. The first-order chi connectivity index (χ1) is 7.15. The Hall–Kier alpha value is -0.470. The first-order valence-electron chi connectivity index (χ1n) is 5.64. The van der Waals surface area contributed by atoms with Crippen molar-refractivity contribution in [3.05, 3.63) is 29.8 Å². The molecule has 15 heavy (non-hydrogen) atoms. The molecule has 0 saturated heterocycles. The molecule has 82 valence electrons. The second-order valence-corrected chi connectivity index (χ2v) is 6.25. The minimum Gasteiger partial charge on any atom is -0.329 e. The highest BCUT2D eigenvalue weighted by molar-refractivity contribution is 8.01. The Balaban J connectivity index is 2.04. The first-order valence-corrected chi connectivity index (χ1v) is 6.46. The molecule has 0 radical (unpaired) electrons. The van der Waals surface area contributed by atoms with E-state index in [-0.39, 0.29) is 0 Å². The molecule has 1 aromatic carbocycles. The van der Waals surface area contributed by atoms with Crippen LogP contribution in [0.5, 0.6) is 0 Å². The van der Waals surface area contributed by atoms with Crippen LogP contribution in [0.4, 0.5) is 0 Å². The highest BCUT2D eigenvalue weighted by atomic mass is 32.2. The van der Waals surface area contributed by atoms with E-state index in [0.717, 1.165) is 6.54 Å². The van der Waals surface area contributed by atoms with Crippen molar-refractivity contribution in [1.29, 1.82) is 0 Å². The second kappa shape index (κ2) is 4.18. The van der Waals surface area contributed by atoms with Crippen molar-refractivity contribution in [3.63, 3.8) is 0 Å². The Kier molecular flexibility index (Phi) is 3.08. The van der Waals surface area contributed by atoms with Gasteiger partial charge in [-0.3, -0.25) is 0 Å². The molecule has 0 amide bonds. The van der Waals surface area contributed by atoms with Gasteiger partial charge in [-0.2, -0.15) is 0 Å². The van der Waals surface area contributed by atoms with Gasteiger partial charge in [0.15, 0.2) is 0 Å². The molecule has 0 heterocycles. The highest BCUT2D eigenvalue weighted by Gasteiger charge is 2.42. The van der Waals surface area contributed by atoms with E-state index in [0.29, 0.717) is 10.7 Å². The van der Waals surface area contributed by atoms with Gasteiger partial charge < -0.3 is 5.73 Å². The number of hydrogen-bond acceptors (Lipinski definition) is 2. The Labute approximate surface area is 96.4 Å². The molecule has 0 aliphatic heterocycles. The van der Waals surface area contributed by atoms with Crippen molar-refractivity contribution in [2.75, 3.05) is 6.54 Å². The van der Waals surface area contributed by atoms with Gasteiger partial charge in [0.05, 0.1) is 0 Å². The normalized spacial score (nSPS) is 18.1. The lowest BCUT2D eigenvalue weighted by Crippen LogP contribution is -2.17. The molecule has 1 aromatic rings. The van der Waals surface area contributed by atoms with Crippen molar-refractivity contribution in [2.24, 2.45) is 5.73 Å². The SMILES string of the molecule is CC(C)c1ccc(SC2(CN)CC2)cc1. The van der Waals surface area contributed by atoms with Crippen LogP contribution in [0.3, 0.4) is 0 Å². The fourth-order valence-electron chi connectivity index (χ4n) is 1.66. The molecule has 1 nitrogen and oxygen atoms in total. The molecule has 1 fully saturated rings. The fraction of sp³-hybridized carbons (Fsp3) is 0.538. The maximum Gasteiger partial charge on any atom is 0.0330 e. The minimum atomic E-state index is 0.374. The number of nitrogens with two attached hydrogens (primary N) is 1. The van der Waals surface area contributed by atoms with Gasteiger partial charge in [0, 0.05) is 16.2 Å². The lowest BCUT2D eigenvalue weighted by Gasteiger charge is -2.12. The summed E-state index contributed by atoms with van der Waals surface area (Å²) in [6, 6.07) is 8.94. The molecule has 2 heteroatoms. The molecule has 0 bridgehead atoms. The highest BCUT2D eigenvalue weighted by Crippen LogP contribution is 2.50. The molecule has 0 atom stereocenters. The van der Waals surface area contributed by atoms with Crippen LogP contribution in [0.25, 0.3) is 0 Å². The summed E-state index contributed by atoms with van der Waals surface area (Å²) >= 11 is 1.95. The topological polar surface area (TPSA) is 26.0 Å². The van der Waals surface area contributed by atoms with E-state index in [1.165, 1.54) is 23.3 Å². The van der Waals surface area contributed by atoms with Crippen LogP contribution in [-0.4, -0.2) is 11.3 Å². The zero-order chi connectivity index (χ0) is 10.9. The van der Waals surface area contributed by atoms with Crippen LogP contribution < -0.4 is 5.73 Å². The van der Waals surface area contributed by atoms with E-state index in [2.05, 4.69) is 38.1 Å². The predicted octanol–water partition coefficient (Wildman–Crippen LogP) is 3.39. The van der Waals surface area contributed by atoms with Gasteiger partial charge in [-0.1, -0.05) is 26.0 Å². The van der Waals surface area contributed by atoms with Gasteiger partial charge in [0.2, 0.25) is 0 Å². The molecule has 0 spiro atoms. The molecular weight excluding hydrogens is 202 g/mol. The van der Waals surface area contributed by atoms with Crippen molar-refractivity contribution >= 4 is 11.8 Å². The van der Waals surface area contributed by atoms with Crippen LogP contribution in [0.15, 0.2) is 29.2 Å². The van der Waals surface area contributed by atoms with Crippen LogP contribution >= 0.6 is 11.8 Å². The minimum absolute atomic E-state index is 0.374. The van der Waals surface area contributed by atoms with Gasteiger partial charge in [0.25, 0.3) is 0 Å². The molecule has 0 unspecified atom stereocenters. The predicted molar refractivity (Wildman–Crippen MR) is 67.4 cm³/mol. The van der Waals surface area contributed by atoms with Crippen molar-refractivity contribution in [3.8, 4) is 0 Å². The van der Waals surface area contributed by atoms with Crippen molar-refractivity contribution in [2.45, 2.75) is 42.2 Å². The molecule has 2 N–H and O–H groups in total. The average Bonchev–Trinajstić information content (AvgIpc) is 2.99. The zero-order valence-corrected chi connectivity index (χ0v) is 10.3. The molecular formula is C13H19NS. The third-order valence-corrected chi connectivity index (χ3v) is 4.58. The van der Waals surface area contributed by atoms with Crippen molar-refractivity contribution in [1.82, 2.24) is 0 Å². The van der Waals surface area contributed by atoms with Crippen LogP contribution in [-0.2, 0) is 0 Å². The first kappa shape index (κ1) is 11.0. The maximum absolute atomic E-state index is 5.77. The van der Waals surface area contributed by atoms with E-state index < -0.39 is 0 Å². The maximum atomic E-state index is 5.77. The van der Waals surface area contributed by atoms with Gasteiger partial charge in [-0.25, -0.2) is 0 Å². The summed E-state index contributed by atoms with van der Waals surface area (Å²) in [5.74, 6) is 0.619. The molecule has 1 saturated carbocycles. The number of hydrogen-bond donors (Lipinski definition) is 1. The largest absolute Gasteiger partial charge is 0.329 e. The third-order valence-electron chi connectivity index (χ3n) is 3.06. The number of benzene rings is 1. The smallest absolute Gasteiger partial charge is 0.0330 e. The Morgan fingerprint density at radius 1 is 1.27 bits per heavy atom. The molecule has 1 aliphatic carbocycles. The lowest BCUT2D eigenvalue weighted by atomic mass is 10.0. The monoisotopic (exact) mass is 221 g/mol. The summed E-state index contributed by atoms with van der Waals surface area (Å²) in [5.41, 5.74) is 7.19. The lowest BCUT2D eigenvalue weighted by molar-refractivity contribution is 0.864. The summed E-state index contributed by atoms with van der Waals surface area (Å²) in [6.07, 6.45) is 2.56. The third kappa shape index (κ3) is 2.56. The Morgan fingerprint density at radius 3 is 2.27 bits per heavy atom. The molecule has 1 aliphatic rings. The van der Waals surface area contributed by atoms with Gasteiger partial charge >= 0.3 is 0 Å². The van der Waals surface area contributed by atoms with Crippen molar-refractivity contribution < 1.29 is 0 Å². The average molecular weight is 221 g/mol. The summed E-state index contributed by atoms with van der Waals surface area (Å²) in [6.45, 7) is 5.26. The van der Waals surface area contributed by atoms with E-state index in [1.807, 2.05) is 11.8 Å². The van der Waals surface area contributed by atoms with Gasteiger partial charge in [-0.05, 0) is 36.5 Å². The van der Waals surface area contributed by atoms with Crippen LogP contribution in [0.1, 0.15) is 38.2 Å². The van der Waals surface area contributed by atoms with E-state index >= 15 is 0 Å². The number of rotatable bonds is 4. The van der Waals surface area contributed by atoms with E-state index in [1.54, 1.807) is 0 Å². The summed E-state index contributed by atoms with van der Waals surface area (Å²) in [7, 11) is 0. The standard InChI is InChI=1S/C13H19NS/c1-10(2)11-3-5-12(6-4-11)15-13(9-14)7-8-13/h3-6,10H,7-9,14H2,1-2H3. The molecule has 2 rings (SSSR count). The zero-order valence-electron chi connectivity index (χ0n) is 9.49. The second-order valence-electron chi connectivity index (χ2n) is 4.71. The van der Waals surface area contributed by atoms with Gasteiger partial charge in [0.1, 0.15) is 0 Å². The Bertz CT molecular complexity index is 325. The quantitative estimate of drug-likeness (QED) is 0.843. The van der Waals surface area contributed by atoms with Crippen LogP contribution in [0, 0.1) is 0 Å². The summed E-state index contributed by atoms with van der Waals surface area (Å²) < 4.78 is 0.374. The van der Waals surface area contributed by atoms with E-state index in [9.17, 15) is 0 Å².